The maximum Gasteiger partial charge on any atom is 0.338 e. The zero-order chi connectivity index (χ0) is 20.4. The molecule has 0 saturated carbocycles. The molecule has 0 aromatic heterocycles. The number of thioether (sulfide) groups is 1. The van der Waals surface area contributed by atoms with E-state index in [4.69, 9.17) is 16.3 Å². The van der Waals surface area contributed by atoms with Crippen LogP contribution < -0.4 is 0 Å². The Morgan fingerprint density at radius 1 is 1.24 bits per heavy atom. The lowest BCUT2D eigenvalue weighted by Crippen LogP contribution is -2.45. The second-order valence-electron chi connectivity index (χ2n) is 6.77. The molecule has 29 heavy (non-hydrogen) atoms. The van der Waals surface area contributed by atoms with Gasteiger partial charge in [0.1, 0.15) is 6.61 Å². The molecule has 2 aromatic carbocycles. The lowest BCUT2D eigenvalue weighted by Gasteiger charge is -2.39. The minimum atomic E-state index is -0.607. The summed E-state index contributed by atoms with van der Waals surface area (Å²) in [6, 6.07) is 16.1. The molecule has 0 aliphatic carbocycles. The Labute approximate surface area is 178 Å². The van der Waals surface area contributed by atoms with E-state index in [-0.39, 0.29) is 12.5 Å². The highest BCUT2D eigenvalue weighted by Gasteiger charge is 2.41. The van der Waals surface area contributed by atoms with Gasteiger partial charge in [0, 0.05) is 17.2 Å². The van der Waals surface area contributed by atoms with Gasteiger partial charge in [0.2, 0.25) is 5.91 Å². The molecule has 1 saturated heterocycles. The molecule has 2 aliphatic rings. The van der Waals surface area contributed by atoms with Crippen molar-refractivity contribution in [3.63, 3.8) is 0 Å². The van der Waals surface area contributed by atoms with Crippen LogP contribution in [0.5, 0.6) is 0 Å². The van der Waals surface area contributed by atoms with Crippen LogP contribution in [0.3, 0.4) is 0 Å². The molecule has 0 N–H and O–H groups in total. The fourth-order valence-corrected chi connectivity index (χ4v) is 4.66. The van der Waals surface area contributed by atoms with E-state index in [1.165, 1.54) is 11.8 Å². The molecule has 1 amide bonds. The van der Waals surface area contributed by atoms with Gasteiger partial charge in [0.25, 0.3) is 0 Å². The fraction of sp³-hybridized carbons (Fsp3) is 0.227. The van der Waals surface area contributed by atoms with Crippen LogP contribution in [0.15, 0.2) is 70.9 Å². The monoisotopic (exact) mass is 426 g/mol. The van der Waals surface area contributed by atoms with Gasteiger partial charge in [0.05, 0.1) is 17.3 Å². The molecule has 7 heteroatoms. The topological polar surface area (TPSA) is 59.0 Å². The molecule has 0 bridgehead atoms. The van der Waals surface area contributed by atoms with Crippen LogP contribution in [0.25, 0.3) is 0 Å². The predicted octanol–water partition coefficient (Wildman–Crippen LogP) is 4.73. The number of nitrogens with zero attached hydrogens (tertiary/aromatic N) is 2. The smallest absolute Gasteiger partial charge is 0.338 e. The third kappa shape index (κ3) is 4.09. The second-order valence-corrected chi connectivity index (χ2v) is 8.27. The first kappa shape index (κ1) is 19.7. The summed E-state index contributed by atoms with van der Waals surface area (Å²) in [5, 5.41) is 1.15. The molecule has 5 nitrogen and oxygen atoms in total. The first-order valence-electron chi connectivity index (χ1n) is 9.25. The number of allylic oxidation sites excluding steroid dienone is 1. The highest BCUT2D eigenvalue weighted by Crippen LogP contribution is 2.40. The molecule has 0 spiro atoms. The largest absolute Gasteiger partial charge is 0.457 e. The van der Waals surface area contributed by atoms with E-state index < -0.39 is 12.0 Å². The number of benzene rings is 2. The Hall–Kier alpha value is -2.57. The summed E-state index contributed by atoms with van der Waals surface area (Å²) in [4.78, 5) is 32.0. The van der Waals surface area contributed by atoms with E-state index in [1.807, 2.05) is 42.5 Å². The number of ether oxygens (including phenoxy) is 1. The number of rotatable bonds is 4. The van der Waals surface area contributed by atoms with Crippen LogP contribution >= 0.6 is 23.4 Å². The van der Waals surface area contributed by atoms with Crippen molar-refractivity contribution < 1.29 is 14.3 Å². The van der Waals surface area contributed by atoms with E-state index in [0.29, 0.717) is 33.6 Å². The van der Waals surface area contributed by atoms with Gasteiger partial charge in [-0.05, 0) is 30.2 Å². The van der Waals surface area contributed by atoms with Gasteiger partial charge in [-0.15, -0.1) is 0 Å². The summed E-state index contributed by atoms with van der Waals surface area (Å²) in [5.74, 6) is 0.133. The Balaban J connectivity index is 1.72. The number of hydrogen-bond donors (Lipinski definition) is 0. The SMILES string of the molecule is CC1=C(C(=O)OCc2ccccc2)[C@@H](c2cccc(Cl)c2)N2C(=O)CCSC2=N1. The molecule has 2 heterocycles. The zero-order valence-electron chi connectivity index (χ0n) is 15.8. The average Bonchev–Trinajstić information content (AvgIpc) is 2.72. The van der Waals surface area contributed by atoms with Gasteiger partial charge < -0.3 is 4.74 Å². The van der Waals surface area contributed by atoms with Crippen molar-refractivity contribution in [3.05, 3.63) is 82.0 Å². The van der Waals surface area contributed by atoms with Crippen molar-refractivity contribution in [1.29, 1.82) is 0 Å². The van der Waals surface area contributed by atoms with Crippen LogP contribution in [0.4, 0.5) is 0 Å². The lowest BCUT2D eigenvalue weighted by atomic mass is 9.94. The molecule has 1 fully saturated rings. The summed E-state index contributed by atoms with van der Waals surface area (Å²) in [6.07, 6.45) is 0.395. The number of amides is 1. The minimum absolute atomic E-state index is 0.0617. The first-order valence-corrected chi connectivity index (χ1v) is 10.6. The molecule has 1 atom stereocenters. The van der Waals surface area contributed by atoms with E-state index in [9.17, 15) is 9.59 Å². The Morgan fingerprint density at radius 2 is 2.03 bits per heavy atom. The van der Waals surface area contributed by atoms with Crippen molar-refractivity contribution >= 4 is 40.4 Å². The number of halogens is 1. The van der Waals surface area contributed by atoms with Crippen LogP contribution in [0.2, 0.25) is 5.02 Å². The normalized spacial score (nSPS) is 19.0. The maximum atomic E-state index is 13.1. The number of esters is 1. The maximum absolute atomic E-state index is 13.1. The standard InChI is InChI=1S/C22H19ClN2O3S/c1-14-19(21(27)28-13-15-6-3-2-4-7-15)20(16-8-5-9-17(23)12-16)25-18(26)10-11-29-22(25)24-14/h2-9,12,20H,10-11,13H2,1H3/t20-/m1/s1. The summed E-state index contributed by atoms with van der Waals surface area (Å²) >= 11 is 7.73. The van der Waals surface area contributed by atoms with Crippen molar-refractivity contribution in [3.8, 4) is 0 Å². The van der Waals surface area contributed by atoms with Crippen LogP contribution in [-0.2, 0) is 20.9 Å². The molecular weight excluding hydrogens is 408 g/mol. The van der Waals surface area contributed by atoms with E-state index >= 15 is 0 Å². The number of fused-ring (bicyclic) bond motifs is 1. The molecule has 0 unspecified atom stereocenters. The highest BCUT2D eigenvalue weighted by molar-refractivity contribution is 8.14. The van der Waals surface area contributed by atoms with Crippen molar-refractivity contribution in [2.24, 2.45) is 4.99 Å². The molecular formula is C22H19ClN2O3S. The van der Waals surface area contributed by atoms with Gasteiger partial charge in [-0.3, -0.25) is 9.69 Å². The summed E-state index contributed by atoms with van der Waals surface area (Å²) in [5.41, 5.74) is 2.57. The van der Waals surface area contributed by atoms with E-state index in [0.717, 1.165) is 11.1 Å². The lowest BCUT2D eigenvalue weighted by molar-refractivity contribution is -0.141. The van der Waals surface area contributed by atoms with E-state index in [1.54, 1.807) is 24.0 Å². The van der Waals surface area contributed by atoms with Gasteiger partial charge in [-0.2, -0.15) is 0 Å². The minimum Gasteiger partial charge on any atom is -0.457 e. The number of hydrogen-bond acceptors (Lipinski definition) is 5. The molecule has 2 aliphatic heterocycles. The van der Waals surface area contributed by atoms with Gasteiger partial charge in [-0.25, -0.2) is 9.79 Å². The van der Waals surface area contributed by atoms with E-state index in [2.05, 4.69) is 4.99 Å². The highest BCUT2D eigenvalue weighted by atomic mass is 35.5. The third-order valence-corrected chi connectivity index (χ3v) is 5.99. The Morgan fingerprint density at radius 3 is 2.79 bits per heavy atom. The van der Waals surface area contributed by atoms with Crippen molar-refractivity contribution in [2.75, 3.05) is 5.75 Å². The molecule has 0 radical (unpaired) electrons. The van der Waals surface area contributed by atoms with Crippen LogP contribution in [0, 0.1) is 0 Å². The molecule has 4 rings (SSSR count). The van der Waals surface area contributed by atoms with Crippen molar-refractivity contribution in [2.45, 2.75) is 26.0 Å². The van der Waals surface area contributed by atoms with Crippen molar-refractivity contribution in [1.82, 2.24) is 4.90 Å². The van der Waals surface area contributed by atoms with Gasteiger partial charge in [0.15, 0.2) is 5.17 Å². The number of carbonyl (C=O) groups is 2. The Bertz CT molecular complexity index is 1020. The van der Waals surface area contributed by atoms with Crippen LogP contribution in [-0.4, -0.2) is 27.7 Å². The van der Waals surface area contributed by atoms with Gasteiger partial charge in [-0.1, -0.05) is 65.8 Å². The number of amidine groups is 1. The quantitative estimate of drug-likeness (QED) is 0.663. The summed E-state index contributed by atoms with van der Waals surface area (Å²) in [7, 11) is 0. The average molecular weight is 427 g/mol. The summed E-state index contributed by atoms with van der Waals surface area (Å²) in [6.45, 7) is 1.93. The molecule has 148 valence electrons. The number of carbonyl (C=O) groups excluding carboxylic acids is 2. The summed E-state index contributed by atoms with van der Waals surface area (Å²) < 4.78 is 5.59. The second kappa shape index (κ2) is 8.43. The van der Waals surface area contributed by atoms with Crippen LogP contribution in [0.1, 0.15) is 30.5 Å². The number of aliphatic imine (C=N–C) groups is 1. The zero-order valence-corrected chi connectivity index (χ0v) is 17.4. The van der Waals surface area contributed by atoms with Gasteiger partial charge >= 0.3 is 5.97 Å². The fourth-order valence-electron chi connectivity index (χ4n) is 3.45. The first-order chi connectivity index (χ1) is 14.0. The third-order valence-electron chi connectivity index (χ3n) is 4.80. The molecule has 2 aromatic rings. The predicted molar refractivity (Wildman–Crippen MR) is 114 cm³/mol. The Kier molecular flexibility index (Phi) is 5.74.